The first-order valence-electron chi connectivity index (χ1n) is 6.45. The van der Waals surface area contributed by atoms with Crippen LogP contribution in [0.5, 0.6) is 5.75 Å². The van der Waals surface area contributed by atoms with Crippen LogP contribution in [0.1, 0.15) is 17.3 Å². The Balaban J connectivity index is 2.00. The van der Waals surface area contributed by atoms with Crippen LogP contribution in [0.4, 0.5) is 14.5 Å². The first-order valence-corrected chi connectivity index (χ1v) is 6.45. The fourth-order valence-electron chi connectivity index (χ4n) is 1.80. The maximum atomic E-state index is 13.4. The van der Waals surface area contributed by atoms with E-state index in [1.165, 1.54) is 6.92 Å². The second kappa shape index (κ2) is 6.80. The fraction of sp³-hybridized carbons (Fsp3) is 0.125. The zero-order valence-electron chi connectivity index (χ0n) is 11.7. The molecular weight excluding hydrogens is 292 g/mol. The van der Waals surface area contributed by atoms with E-state index in [4.69, 9.17) is 4.74 Å². The van der Waals surface area contributed by atoms with Gasteiger partial charge in [-0.15, -0.1) is 0 Å². The normalized spacial score (nSPS) is 10.1. The topological polar surface area (TPSA) is 55.4 Å². The molecule has 0 aromatic heterocycles. The maximum Gasteiger partial charge on any atom is 0.262 e. The third-order valence-corrected chi connectivity index (χ3v) is 2.83. The van der Waals surface area contributed by atoms with Crippen molar-refractivity contribution in [3.63, 3.8) is 0 Å². The molecule has 2 rings (SSSR count). The molecule has 0 radical (unpaired) electrons. The number of hydrogen-bond donors (Lipinski definition) is 1. The van der Waals surface area contributed by atoms with Gasteiger partial charge in [0, 0.05) is 6.07 Å². The van der Waals surface area contributed by atoms with E-state index >= 15 is 0 Å². The summed E-state index contributed by atoms with van der Waals surface area (Å²) in [6.45, 7) is 0.983. The SMILES string of the molecule is CC(=O)c1ccccc1OCC(=O)Nc1ccc(F)cc1F. The molecule has 0 heterocycles. The number of nitrogens with one attached hydrogen (secondary N) is 1. The molecule has 22 heavy (non-hydrogen) atoms. The summed E-state index contributed by atoms with van der Waals surface area (Å²) in [6.07, 6.45) is 0. The predicted octanol–water partition coefficient (Wildman–Crippen LogP) is 3.18. The first kappa shape index (κ1) is 15.6. The molecule has 6 heteroatoms. The van der Waals surface area contributed by atoms with Crippen LogP contribution in [0.3, 0.4) is 0 Å². The summed E-state index contributed by atoms with van der Waals surface area (Å²) in [4.78, 5) is 23.1. The number of carbonyl (C=O) groups is 2. The number of amides is 1. The molecule has 1 amide bonds. The van der Waals surface area contributed by atoms with Crippen molar-refractivity contribution in [3.8, 4) is 5.75 Å². The Bertz CT molecular complexity index is 716. The number of rotatable bonds is 5. The summed E-state index contributed by atoms with van der Waals surface area (Å²) in [5.41, 5.74) is 0.207. The average molecular weight is 305 g/mol. The standard InChI is InChI=1S/C16H13F2NO3/c1-10(20)12-4-2-3-5-15(12)22-9-16(21)19-14-7-6-11(17)8-13(14)18/h2-8H,9H2,1H3,(H,19,21). The van der Waals surface area contributed by atoms with Crippen molar-refractivity contribution in [2.75, 3.05) is 11.9 Å². The van der Waals surface area contributed by atoms with Crippen molar-refractivity contribution in [3.05, 3.63) is 59.7 Å². The van der Waals surface area contributed by atoms with Gasteiger partial charge in [0.2, 0.25) is 0 Å². The summed E-state index contributed by atoms with van der Waals surface area (Å²) in [7, 11) is 0. The molecule has 2 aromatic carbocycles. The highest BCUT2D eigenvalue weighted by atomic mass is 19.1. The zero-order valence-corrected chi connectivity index (χ0v) is 11.7. The van der Waals surface area contributed by atoms with Gasteiger partial charge < -0.3 is 10.1 Å². The number of anilines is 1. The quantitative estimate of drug-likeness (QED) is 0.863. The van der Waals surface area contributed by atoms with Crippen LogP contribution in [-0.2, 0) is 4.79 Å². The Morgan fingerprint density at radius 3 is 2.55 bits per heavy atom. The van der Waals surface area contributed by atoms with Crippen LogP contribution in [0, 0.1) is 11.6 Å². The van der Waals surface area contributed by atoms with E-state index in [-0.39, 0.29) is 17.2 Å². The van der Waals surface area contributed by atoms with Gasteiger partial charge in [-0.2, -0.15) is 0 Å². The summed E-state index contributed by atoms with van der Waals surface area (Å²) in [5, 5.41) is 2.27. The van der Waals surface area contributed by atoms with Crippen LogP contribution in [0.2, 0.25) is 0 Å². The Kier molecular flexibility index (Phi) is 4.83. The lowest BCUT2D eigenvalue weighted by Crippen LogP contribution is -2.21. The van der Waals surface area contributed by atoms with E-state index in [0.717, 1.165) is 12.1 Å². The molecule has 0 aliphatic heterocycles. The smallest absolute Gasteiger partial charge is 0.262 e. The molecule has 0 spiro atoms. The van der Waals surface area contributed by atoms with Crippen LogP contribution < -0.4 is 10.1 Å². The largest absolute Gasteiger partial charge is 0.483 e. The number of hydrogen-bond acceptors (Lipinski definition) is 3. The summed E-state index contributed by atoms with van der Waals surface area (Å²) >= 11 is 0. The van der Waals surface area contributed by atoms with E-state index in [0.29, 0.717) is 11.6 Å². The van der Waals surface area contributed by atoms with Crippen molar-refractivity contribution in [1.29, 1.82) is 0 Å². The number of halogens is 2. The minimum Gasteiger partial charge on any atom is -0.483 e. The van der Waals surface area contributed by atoms with Gasteiger partial charge in [-0.25, -0.2) is 8.78 Å². The van der Waals surface area contributed by atoms with Crippen LogP contribution >= 0.6 is 0 Å². The number of benzene rings is 2. The average Bonchev–Trinajstić information content (AvgIpc) is 2.48. The van der Waals surface area contributed by atoms with Crippen LogP contribution in [0.15, 0.2) is 42.5 Å². The summed E-state index contributed by atoms with van der Waals surface area (Å²) in [5.74, 6) is -2.16. The second-order valence-corrected chi connectivity index (χ2v) is 4.51. The molecule has 0 saturated carbocycles. The Morgan fingerprint density at radius 2 is 1.86 bits per heavy atom. The predicted molar refractivity (Wildman–Crippen MR) is 76.9 cm³/mol. The highest BCUT2D eigenvalue weighted by Crippen LogP contribution is 2.19. The number of Topliss-reactive ketones (excluding diaryl/α,β-unsaturated/α-hetero) is 1. The minimum atomic E-state index is -0.877. The highest BCUT2D eigenvalue weighted by molar-refractivity contribution is 5.97. The summed E-state index contributed by atoms with van der Waals surface area (Å²) < 4.78 is 31.4. The van der Waals surface area contributed by atoms with Crippen LogP contribution in [0.25, 0.3) is 0 Å². The van der Waals surface area contributed by atoms with E-state index in [2.05, 4.69) is 5.32 Å². The van der Waals surface area contributed by atoms with Crippen molar-refractivity contribution in [2.45, 2.75) is 6.92 Å². The van der Waals surface area contributed by atoms with Crippen molar-refractivity contribution < 1.29 is 23.1 Å². The molecule has 4 nitrogen and oxygen atoms in total. The van der Waals surface area contributed by atoms with Crippen molar-refractivity contribution >= 4 is 17.4 Å². The molecule has 0 bridgehead atoms. The van der Waals surface area contributed by atoms with Crippen molar-refractivity contribution in [2.24, 2.45) is 0 Å². The van der Waals surface area contributed by atoms with E-state index in [1.807, 2.05) is 0 Å². The molecule has 0 saturated heterocycles. The third-order valence-electron chi connectivity index (χ3n) is 2.83. The van der Waals surface area contributed by atoms with E-state index in [1.54, 1.807) is 24.3 Å². The Hall–Kier alpha value is -2.76. The van der Waals surface area contributed by atoms with Gasteiger partial charge in [0.05, 0.1) is 11.3 Å². The monoisotopic (exact) mass is 305 g/mol. The van der Waals surface area contributed by atoms with Gasteiger partial charge in [-0.1, -0.05) is 12.1 Å². The van der Waals surface area contributed by atoms with Gasteiger partial charge in [-0.3, -0.25) is 9.59 Å². The van der Waals surface area contributed by atoms with Gasteiger partial charge in [-0.05, 0) is 31.2 Å². The molecule has 0 unspecified atom stereocenters. The van der Waals surface area contributed by atoms with Gasteiger partial charge in [0.25, 0.3) is 5.91 Å². The second-order valence-electron chi connectivity index (χ2n) is 4.51. The Labute approximate surface area is 125 Å². The number of para-hydroxylation sites is 1. The fourth-order valence-corrected chi connectivity index (χ4v) is 1.80. The lowest BCUT2D eigenvalue weighted by molar-refractivity contribution is -0.118. The molecule has 2 aromatic rings. The zero-order chi connectivity index (χ0) is 16.1. The highest BCUT2D eigenvalue weighted by Gasteiger charge is 2.11. The molecule has 0 fully saturated rings. The van der Waals surface area contributed by atoms with E-state index in [9.17, 15) is 18.4 Å². The molecule has 0 aliphatic carbocycles. The van der Waals surface area contributed by atoms with Gasteiger partial charge >= 0.3 is 0 Å². The molecule has 0 atom stereocenters. The summed E-state index contributed by atoms with van der Waals surface area (Å²) in [6, 6.07) is 9.30. The maximum absolute atomic E-state index is 13.4. The minimum absolute atomic E-state index is 0.144. The first-order chi connectivity index (χ1) is 10.5. The van der Waals surface area contributed by atoms with Gasteiger partial charge in [0.1, 0.15) is 17.4 Å². The van der Waals surface area contributed by atoms with Gasteiger partial charge in [0.15, 0.2) is 12.4 Å². The number of carbonyl (C=O) groups excluding carboxylic acids is 2. The molecule has 114 valence electrons. The molecule has 1 N–H and O–H groups in total. The third kappa shape index (κ3) is 3.88. The lowest BCUT2D eigenvalue weighted by Gasteiger charge is -2.10. The Morgan fingerprint density at radius 1 is 1.14 bits per heavy atom. The molecule has 0 aliphatic rings. The lowest BCUT2D eigenvalue weighted by atomic mass is 10.1. The number of ketones is 1. The molecular formula is C16H13F2NO3. The number of ether oxygens (including phenoxy) is 1. The van der Waals surface area contributed by atoms with Crippen LogP contribution in [-0.4, -0.2) is 18.3 Å². The van der Waals surface area contributed by atoms with E-state index < -0.39 is 24.1 Å². The van der Waals surface area contributed by atoms with Crippen molar-refractivity contribution in [1.82, 2.24) is 0 Å².